The lowest BCUT2D eigenvalue weighted by atomic mass is 9.72. The average molecular weight is 591 g/mol. The van der Waals surface area contributed by atoms with Gasteiger partial charge in [0.25, 0.3) is 0 Å². The molecule has 0 aliphatic carbocycles. The molecular weight excluding hydrogens is 536 g/mol. The lowest BCUT2D eigenvalue weighted by Crippen LogP contribution is -2.43. The smallest absolute Gasteiger partial charge is 0.344 e. The Labute approximate surface area is 259 Å². The van der Waals surface area contributed by atoms with E-state index < -0.39 is 11.2 Å². The van der Waals surface area contributed by atoms with Gasteiger partial charge in [-0.1, -0.05) is 80.5 Å². The van der Waals surface area contributed by atoms with E-state index in [1.54, 1.807) is 6.07 Å². The van der Waals surface area contributed by atoms with Crippen molar-refractivity contribution in [2.75, 3.05) is 0 Å². The highest BCUT2D eigenvalue weighted by Gasteiger charge is 2.40. The van der Waals surface area contributed by atoms with Gasteiger partial charge in [0.05, 0.1) is 11.5 Å². The van der Waals surface area contributed by atoms with Crippen molar-refractivity contribution in [3.05, 3.63) is 64.0 Å². The number of ether oxygens (including phenoxy) is 2. The van der Waals surface area contributed by atoms with Crippen LogP contribution >= 0.6 is 0 Å². The van der Waals surface area contributed by atoms with Gasteiger partial charge in [-0.2, -0.15) is 0 Å². The number of hydrogen-bond acceptors (Lipinski definition) is 5. The molecular formula is C38H54O5. The maximum absolute atomic E-state index is 13.4. The van der Waals surface area contributed by atoms with Crippen molar-refractivity contribution in [2.45, 2.75) is 126 Å². The van der Waals surface area contributed by atoms with Gasteiger partial charge >= 0.3 is 11.6 Å². The van der Waals surface area contributed by atoms with Gasteiger partial charge in [-0.3, -0.25) is 4.79 Å². The lowest BCUT2D eigenvalue weighted by molar-refractivity contribution is -0.170. The van der Waals surface area contributed by atoms with Crippen molar-refractivity contribution in [3.63, 3.8) is 0 Å². The average Bonchev–Trinajstić information content (AvgIpc) is 2.83. The Morgan fingerprint density at radius 3 is 2.05 bits per heavy atom. The van der Waals surface area contributed by atoms with E-state index in [1.165, 1.54) is 5.56 Å². The summed E-state index contributed by atoms with van der Waals surface area (Å²) in [5, 5.41) is 0.832. The third kappa shape index (κ3) is 9.20. The summed E-state index contributed by atoms with van der Waals surface area (Å²) < 4.78 is 18.4. The van der Waals surface area contributed by atoms with E-state index in [0.29, 0.717) is 29.2 Å². The standard InChI is InChI=1S/C38H54O5/c1-14-25-15-16-26(24(2)3)19-29(25)30-20-27-17-18-28(21-32(27)41-33(30)39)42-37(10,11)23-38(12,13)43-34(40)31(36(7,8)9)22-35(4,5)6/h15-21,24,31H,14,22-23H2,1-13H3. The van der Waals surface area contributed by atoms with Crippen molar-refractivity contribution >= 4 is 16.9 Å². The monoisotopic (exact) mass is 590 g/mol. The fraction of sp³-hybridized carbons (Fsp3) is 0.579. The summed E-state index contributed by atoms with van der Waals surface area (Å²) in [6, 6.07) is 13.9. The minimum Gasteiger partial charge on any atom is -0.488 e. The Hall–Kier alpha value is -3.08. The molecule has 0 aliphatic heterocycles. The predicted molar refractivity (Wildman–Crippen MR) is 178 cm³/mol. The molecule has 5 nitrogen and oxygen atoms in total. The number of carbonyl (C=O) groups excluding carboxylic acids is 1. The Bertz CT molecular complexity index is 1490. The molecule has 3 aromatic rings. The summed E-state index contributed by atoms with van der Waals surface area (Å²) in [5.41, 5.74) is 2.30. The zero-order valence-electron chi connectivity index (χ0n) is 28.9. The minimum atomic E-state index is -0.748. The van der Waals surface area contributed by atoms with E-state index in [9.17, 15) is 9.59 Å². The van der Waals surface area contributed by atoms with E-state index in [1.807, 2.05) is 45.9 Å². The van der Waals surface area contributed by atoms with Crippen LogP contribution < -0.4 is 10.4 Å². The molecule has 1 heterocycles. The van der Waals surface area contributed by atoms with Crippen LogP contribution in [-0.2, 0) is 16.0 Å². The van der Waals surface area contributed by atoms with Gasteiger partial charge in [-0.15, -0.1) is 0 Å². The Balaban J connectivity index is 1.83. The van der Waals surface area contributed by atoms with Crippen LogP contribution in [0.2, 0.25) is 0 Å². The largest absolute Gasteiger partial charge is 0.488 e. The number of esters is 1. The van der Waals surface area contributed by atoms with E-state index in [0.717, 1.165) is 29.4 Å². The van der Waals surface area contributed by atoms with Gasteiger partial charge in [-0.05, 0) is 92.2 Å². The predicted octanol–water partition coefficient (Wildman–Crippen LogP) is 10.1. The molecule has 0 fully saturated rings. The Kier molecular flexibility index (Phi) is 10.0. The molecule has 236 valence electrons. The summed E-state index contributed by atoms with van der Waals surface area (Å²) in [7, 11) is 0. The molecule has 0 saturated carbocycles. The van der Waals surface area contributed by atoms with Gasteiger partial charge in [0.1, 0.15) is 22.5 Å². The fourth-order valence-corrected chi connectivity index (χ4v) is 5.97. The molecule has 0 bridgehead atoms. The maximum atomic E-state index is 13.4. The molecule has 0 N–H and O–H groups in total. The second-order valence-electron chi connectivity index (χ2n) is 16.0. The van der Waals surface area contributed by atoms with Crippen LogP contribution in [0.5, 0.6) is 5.75 Å². The summed E-state index contributed by atoms with van der Waals surface area (Å²) in [6.45, 7) is 27.0. The summed E-state index contributed by atoms with van der Waals surface area (Å²) >= 11 is 0. The molecule has 0 spiro atoms. The first-order chi connectivity index (χ1) is 19.6. The van der Waals surface area contributed by atoms with Crippen molar-refractivity contribution in [1.29, 1.82) is 0 Å². The topological polar surface area (TPSA) is 65.7 Å². The molecule has 0 aliphatic rings. The van der Waals surface area contributed by atoms with Crippen LogP contribution in [0, 0.1) is 16.7 Å². The van der Waals surface area contributed by atoms with Gasteiger partial charge in [-0.25, -0.2) is 4.79 Å². The molecule has 3 rings (SSSR count). The number of hydrogen-bond donors (Lipinski definition) is 0. The van der Waals surface area contributed by atoms with E-state index in [-0.39, 0.29) is 28.3 Å². The van der Waals surface area contributed by atoms with Crippen molar-refractivity contribution in [1.82, 2.24) is 0 Å². The van der Waals surface area contributed by atoms with E-state index in [2.05, 4.69) is 80.5 Å². The SMILES string of the molecule is CCc1ccc(C(C)C)cc1-c1cc2ccc(OC(C)(C)CC(C)(C)OC(=O)C(CC(C)(C)C)C(C)(C)C)cc2oc1=O. The quantitative estimate of drug-likeness (QED) is 0.174. The first-order valence-corrected chi connectivity index (χ1v) is 15.7. The van der Waals surface area contributed by atoms with E-state index >= 15 is 0 Å². The third-order valence-electron chi connectivity index (χ3n) is 7.95. The summed E-state index contributed by atoms with van der Waals surface area (Å²) in [4.78, 5) is 26.6. The van der Waals surface area contributed by atoms with Gasteiger partial charge in [0.15, 0.2) is 0 Å². The molecule has 0 radical (unpaired) electrons. The zero-order chi connectivity index (χ0) is 32.5. The first kappa shape index (κ1) is 34.4. The van der Waals surface area contributed by atoms with Crippen LogP contribution in [0.3, 0.4) is 0 Å². The van der Waals surface area contributed by atoms with Crippen molar-refractivity contribution < 1.29 is 18.7 Å². The fourth-order valence-electron chi connectivity index (χ4n) is 5.97. The number of aryl methyl sites for hydroxylation is 1. The highest BCUT2D eigenvalue weighted by Crippen LogP contribution is 2.39. The second kappa shape index (κ2) is 12.5. The van der Waals surface area contributed by atoms with Crippen molar-refractivity contribution in [3.8, 4) is 16.9 Å². The molecule has 1 unspecified atom stereocenters. The lowest BCUT2D eigenvalue weighted by Gasteiger charge is -2.39. The third-order valence-corrected chi connectivity index (χ3v) is 7.95. The maximum Gasteiger partial charge on any atom is 0.344 e. The molecule has 1 atom stereocenters. The normalized spacial score (nSPS) is 13.8. The van der Waals surface area contributed by atoms with Gasteiger partial charge in [0.2, 0.25) is 0 Å². The number of benzene rings is 2. The summed E-state index contributed by atoms with van der Waals surface area (Å²) in [5.74, 6) is 0.561. The molecule has 2 aromatic carbocycles. The Morgan fingerprint density at radius 2 is 1.49 bits per heavy atom. The van der Waals surface area contributed by atoms with Crippen LogP contribution in [0.15, 0.2) is 51.7 Å². The van der Waals surface area contributed by atoms with Crippen LogP contribution in [0.4, 0.5) is 0 Å². The second-order valence-corrected chi connectivity index (χ2v) is 16.0. The van der Waals surface area contributed by atoms with Gasteiger partial charge < -0.3 is 13.9 Å². The number of carbonyl (C=O) groups is 1. The zero-order valence-corrected chi connectivity index (χ0v) is 28.9. The first-order valence-electron chi connectivity index (χ1n) is 15.7. The molecule has 43 heavy (non-hydrogen) atoms. The molecule has 0 saturated heterocycles. The summed E-state index contributed by atoms with van der Waals surface area (Å²) in [6.07, 6.45) is 2.05. The van der Waals surface area contributed by atoms with E-state index in [4.69, 9.17) is 13.9 Å². The molecule has 0 amide bonds. The molecule has 1 aromatic heterocycles. The van der Waals surface area contributed by atoms with Crippen LogP contribution in [0.1, 0.15) is 120 Å². The number of rotatable bonds is 10. The molecule has 5 heteroatoms. The number of fused-ring (bicyclic) bond motifs is 1. The van der Waals surface area contributed by atoms with Crippen molar-refractivity contribution in [2.24, 2.45) is 16.7 Å². The highest BCUT2D eigenvalue weighted by atomic mass is 16.6. The minimum absolute atomic E-state index is 0.00571. The van der Waals surface area contributed by atoms with Gasteiger partial charge in [0, 0.05) is 17.9 Å². The Morgan fingerprint density at radius 1 is 0.837 bits per heavy atom. The van der Waals surface area contributed by atoms with Crippen LogP contribution in [0.25, 0.3) is 22.1 Å². The highest BCUT2D eigenvalue weighted by molar-refractivity contribution is 5.83. The van der Waals surface area contributed by atoms with Crippen LogP contribution in [-0.4, -0.2) is 17.2 Å².